The molecule has 0 spiro atoms. The number of halogens is 1. The van der Waals surface area contributed by atoms with E-state index in [0.29, 0.717) is 16.5 Å². The molecule has 23 heavy (non-hydrogen) atoms. The molecule has 4 nitrogen and oxygen atoms in total. The Labute approximate surface area is 142 Å². The molecule has 2 amide bonds. The smallest absolute Gasteiger partial charge is 0.244 e. The molecule has 1 unspecified atom stereocenters. The van der Waals surface area contributed by atoms with Crippen molar-refractivity contribution >= 4 is 40.9 Å². The lowest BCUT2D eigenvalue weighted by atomic mass is 9.95. The minimum atomic E-state index is -0.724. The second-order valence-electron chi connectivity index (χ2n) is 5.52. The number of carbonyl (C=O) groups excluding carboxylic acids is 2. The van der Waals surface area contributed by atoms with Crippen molar-refractivity contribution in [2.24, 2.45) is 0 Å². The van der Waals surface area contributed by atoms with Crippen LogP contribution in [0.25, 0.3) is 0 Å². The lowest BCUT2D eigenvalue weighted by Gasteiger charge is -2.37. The first kappa shape index (κ1) is 14.6. The number of fused-ring (bicyclic) bond motifs is 3. The fraction of sp³-hybridized carbons (Fsp3) is 0.176. The lowest BCUT2D eigenvalue weighted by Crippen LogP contribution is -2.44. The third kappa shape index (κ3) is 2.15. The number of hydrogen-bond acceptors (Lipinski definition) is 3. The van der Waals surface area contributed by atoms with Gasteiger partial charge in [-0.1, -0.05) is 41.9 Å². The predicted octanol–water partition coefficient (Wildman–Crippen LogP) is 3.07. The van der Waals surface area contributed by atoms with Crippen molar-refractivity contribution in [1.29, 1.82) is 0 Å². The molecule has 0 aliphatic carbocycles. The summed E-state index contributed by atoms with van der Waals surface area (Å²) in [5.74, 6) is 0.109. The second kappa shape index (κ2) is 5.28. The molecule has 2 heterocycles. The Morgan fingerprint density at radius 1 is 1.13 bits per heavy atom. The van der Waals surface area contributed by atoms with E-state index in [4.69, 9.17) is 11.6 Å². The molecule has 1 N–H and O–H groups in total. The van der Waals surface area contributed by atoms with E-state index in [-0.39, 0.29) is 18.4 Å². The molecule has 0 bridgehead atoms. The normalized spacial score (nSPS) is 23.1. The molecule has 1 saturated heterocycles. The molecule has 1 fully saturated rings. The summed E-state index contributed by atoms with van der Waals surface area (Å²) in [5, 5.41) is 3.47. The Kier molecular flexibility index (Phi) is 3.36. The Balaban J connectivity index is 2.04. The number of amides is 2. The third-order valence-electron chi connectivity index (χ3n) is 4.17. The van der Waals surface area contributed by atoms with Crippen LogP contribution in [0.1, 0.15) is 11.1 Å². The summed E-state index contributed by atoms with van der Waals surface area (Å²) in [6.45, 7) is 0.0347. The van der Waals surface area contributed by atoms with E-state index in [1.54, 1.807) is 17.0 Å². The van der Waals surface area contributed by atoms with Crippen LogP contribution in [0.15, 0.2) is 48.5 Å². The number of benzene rings is 2. The fourth-order valence-corrected chi connectivity index (χ4v) is 4.83. The van der Waals surface area contributed by atoms with Crippen LogP contribution in [0.5, 0.6) is 0 Å². The van der Waals surface area contributed by atoms with E-state index < -0.39 is 4.87 Å². The number of anilines is 1. The van der Waals surface area contributed by atoms with Crippen molar-refractivity contribution in [1.82, 2.24) is 4.90 Å². The summed E-state index contributed by atoms with van der Waals surface area (Å²) in [7, 11) is 0. The van der Waals surface area contributed by atoms with E-state index in [2.05, 4.69) is 5.32 Å². The molecule has 1 atom stereocenters. The van der Waals surface area contributed by atoms with Crippen molar-refractivity contribution in [2.75, 3.05) is 17.6 Å². The highest BCUT2D eigenvalue weighted by Crippen LogP contribution is 2.53. The van der Waals surface area contributed by atoms with E-state index in [1.165, 1.54) is 11.8 Å². The van der Waals surface area contributed by atoms with E-state index in [1.807, 2.05) is 36.4 Å². The summed E-state index contributed by atoms with van der Waals surface area (Å²) < 4.78 is 0. The average molecular weight is 345 g/mol. The molecular formula is C17H13ClN2O2S. The van der Waals surface area contributed by atoms with Crippen LogP contribution in [0.2, 0.25) is 5.02 Å². The van der Waals surface area contributed by atoms with Gasteiger partial charge in [-0.15, -0.1) is 11.8 Å². The topological polar surface area (TPSA) is 49.4 Å². The molecule has 4 rings (SSSR count). The molecule has 2 aliphatic heterocycles. The van der Waals surface area contributed by atoms with Crippen molar-refractivity contribution in [2.45, 2.75) is 4.87 Å². The molecule has 2 aromatic rings. The zero-order valence-corrected chi connectivity index (χ0v) is 13.7. The Morgan fingerprint density at radius 3 is 2.70 bits per heavy atom. The predicted molar refractivity (Wildman–Crippen MR) is 91.5 cm³/mol. The first-order chi connectivity index (χ1) is 11.1. The Hall–Kier alpha value is -1.98. The number of thioether (sulfide) groups is 1. The van der Waals surface area contributed by atoms with Crippen LogP contribution in [-0.2, 0) is 14.5 Å². The molecule has 0 radical (unpaired) electrons. The summed E-state index contributed by atoms with van der Waals surface area (Å²) in [5.41, 5.74) is 2.52. The highest BCUT2D eigenvalue weighted by atomic mass is 35.5. The average Bonchev–Trinajstić information content (AvgIpc) is 2.81. The van der Waals surface area contributed by atoms with Gasteiger partial charge in [0, 0.05) is 16.3 Å². The zero-order valence-electron chi connectivity index (χ0n) is 12.1. The number of rotatable bonds is 1. The van der Waals surface area contributed by atoms with Gasteiger partial charge in [0.05, 0.1) is 5.75 Å². The van der Waals surface area contributed by atoms with Gasteiger partial charge in [-0.05, 0) is 23.8 Å². The van der Waals surface area contributed by atoms with Crippen LogP contribution in [-0.4, -0.2) is 29.0 Å². The van der Waals surface area contributed by atoms with E-state index >= 15 is 0 Å². The second-order valence-corrected chi connectivity index (χ2v) is 7.12. The molecule has 2 aliphatic rings. The maximum Gasteiger partial charge on any atom is 0.244 e. The van der Waals surface area contributed by atoms with Gasteiger partial charge < -0.3 is 10.2 Å². The van der Waals surface area contributed by atoms with E-state index in [9.17, 15) is 9.59 Å². The van der Waals surface area contributed by atoms with Gasteiger partial charge in [0.15, 0.2) is 0 Å². The monoisotopic (exact) mass is 344 g/mol. The van der Waals surface area contributed by atoms with Crippen molar-refractivity contribution < 1.29 is 9.59 Å². The summed E-state index contributed by atoms with van der Waals surface area (Å²) >= 11 is 7.74. The number of nitrogens with one attached hydrogen (secondary N) is 1. The van der Waals surface area contributed by atoms with Crippen LogP contribution < -0.4 is 5.32 Å². The number of carbonyl (C=O) groups is 2. The SMILES string of the molecule is O=C1CN2C(=O)CSC2(c2ccccc2)c2cc(Cl)ccc2N1. The molecule has 6 heteroatoms. The standard InChI is InChI=1S/C17H13ClN2O2S/c18-12-6-7-14-13(8-12)17(11-4-2-1-3-5-11)20(9-15(21)19-14)16(22)10-23-17/h1-8H,9-10H2,(H,19,21). The lowest BCUT2D eigenvalue weighted by molar-refractivity contribution is -0.133. The number of nitrogens with zero attached hydrogens (tertiary/aromatic N) is 1. The Bertz CT molecular complexity index is 811. The van der Waals surface area contributed by atoms with Gasteiger partial charge in [0.2, 0.25) is 11.8 Å². The zero-order chi connectivity index (χ0) is 16.0. The van der Waals surface area contributed by atoms with Gasteiger partial charge in [-0.2, -0.15) is 0 Å². The van der Waals surface area contributed by atoms with Gasteiger partial charge in [0.25, 0.3) is 0 Å². The largest absolute Gasteiger partial charge is 0.324 e. The maximum atomic E-state index is 12.5. The first-order valence-corrected chi connectivity index (χ1v) is 8.57. The summed E-state index contributed by atoms with van der Waals surface area (Å²) in [6.07, 6.45) is 0. The third-order valence-corrected chi connectivity index (χ3v) is 5.89. The summed E-state index contributed by atoms with van der Waals surface area (Å²) in [4.78, 5) is 25.7. The van der Waals surface area contributed by atoms with Gasteiger partial charge in [-0.25, -0.2) is 0 Å². The quantitative estimate of drug-likeness (QED) is 0.865. The van der Waals surface area contributed by atoms with Crippen molar-refractivity contribution in [3.8, 4) is 0 Å². The van der Waals surface area contributed by atoms with Crippen LogP contribution in [0.4, 0.5) is 5.69 Å². The fourth-order valence-electron chi connectivity index (χ4n) is 3.22. The van der Waals surface area contributed by atoms with Gasteiger partial charge in [-0.3, -0.25) is 9.59 Å². The molecule has 0 saturated carbocycles. The minimum Gasteiger partial charge on any atom is -0.324 e. The summed E-state index contributed by atoms with van der Waals surface area (Å²) in [6, 6.07) is 15.2. The maximum absolute atomic E-state index is 12.5. The van der Waals surface area contributed by atoms with E-state index in [0.717, 1.165) is 11.1 Å². The highest BCUT2D eigenvalue weighted by Gasteiger charge is 2.52. The molecule has 2 aromatic carbocycles. The minimum absolute atomic E-state index is 0.0347. The van der Waals surface area contributed by atoms with Crippen molar-refractivity contribution in [3.63, 3.8) is 0 Å². The first-order valence-electron chi connectivity index (χ1n) is 7.21. The van der Waals surface area contributed by atoms with Crippen molar-refractivity contribution in [3.05, 3.63) is 64.7 Å². The molecular weight excluding hydrogens is 332 g/mol. The molecule has 0 aromatic heterocycles. The van der Waals surface area contributed by atoms with Crippen LogP contribution in [0, 0.1) is 0 Å². The number of hydrogen-bond donors (Lipinski definition) is 1. The van der Waals surface area contributed by atoms with Gasteiger partial charge in [0.1, 0.15) is 11.4 Å². The molecule has 116 valence electrons. The Morgan fingerprint density at radius 2 is 1.91 bits per heavy atom. The van der Waals surface area contributed by atoms with Crippen LogP contribution >= 0.6 is 23.4 Å². The van der Waals surface area contributed by atoms with Gasteiger partial charge >= 0.3 is 0 Å². The highest BCUT2D eigenvalue weighted by molar-refractivity contribution is 8.01. The van der Waals surface area contributed by atoms with Crippen LogP contribution in [0.3, 0.4) is 0 Å².